The zero-order chi connectivity index (χ0) is 10.3. The summed E-state index contributed by atoms with van der Waals surface area (Å²) in [6, 6.07) is 0. The highest BCUT2D eigenvalue weighted by atomic mass is 16.5. The Morgan fingerprint density at radius 3 is 3.40 bits per heavy atom. The van der Waals surface area contributed by atoms with Crippen molar-refractivity contribution in [2.75, 3.05) is 13.2 Å². The number of hydrogen-bond acceptors (Lipinski definition) is 3. The molecule has 15 heavy (non-hydrogen) atoms. The molecule has 1 saturated heterocycles. The maximum Gasteiger partial charge on any atom is 0.0926 e. The van der Waals surface area contributed by atoms with Gasteiger partial charge >= 0.3 is 0 Å². The first-order valence-corrected chi connectivity index (χ1v) is 5.73. The number of nitrogens with one attached hydrogen (secondary N) is 2. The van der Waals surface area contributed by atoms with Gasteiger partial charge in [-0.05, 0) is 12.8 Å². The second-order valence-corrected chi connectivity index (χ2v) is 4.53. The molecule has 0 bridgehead atoms. The van der Waals surface area contributed by atoms with Crippen LogP contribution in [-0.2, 0) is 16.7 Å². The molecule has 4 heteroatoms. The molecule has 1 aromatic rings. The third-order valence-electron chi connectivity index (χ3n) is 3.61. The largest absolute Gasteiger partial charge is 0.376 e. The molecular formula is C11H17N3O. The lowest BCUT2D eigenvalue weighted by molar-refractivity contribution is 0.0965. The topological polar surface area (TPSA) is 49.9 Å². The molecule has 82 valence electrons. The number of hydrogen-bond donors (Lipinski definition) is 2. The average molecular weight is 207 g/mol. The molecule has 1 fully saturated rings. The number of aromatic nitrogens is 2. The van der Waals surface area contributed by atoms with Gasteiger partial charge in [0.05, 0.1) is 30.3 Å². The van der Waals surface area contributed by atoms with Gasteiger partial charge in [0.1, 0.15) is 0 Å². The number of rotatable bonds is 1. The molecule has 3 heterocycles. The van der Waals surface area contributed by atoms with Gasteiger partial charge in [-0.2, -0.15) is 0 Å². The highest BCUT2D eigenvalue weighted by Gasteiger charge is 2.45. The number of imidazole rings is 1. The van der Waals surface area contributed by atoms with E-state index in [2.05, 4.69) is 22.2 Å². The molecule has 0 radical (unpaired) electrons. The molecule has 4 nitrogen and oxygen atoms in total. The fraction of sp³-hybridized carbons (Fsp3) is 0.727. The lowest BCUT2D eigenvalue weighted by atomic mass is 9.86. The van der Waals surface area contributed by atoms with Crippen LogP contribution in [0, 0.1) is 0 Å². The minimum absolute atomic E-state index is 0.00569. The van der Waals surface area contributed by atoms with Crippen LogP contribution in [0.1, 0.15) is 31.2 Å². The van der Waals surface area contributed by atoms with E-state index in [1.807, 2.05) is 0 Å². The van der Waals surface area contributed by atoms with E-state index in [-0.39, 0.29) is 5.54 Å². The van der Waals surface area contributed by atoms with Gasteiger partial charge in [0.2, 0.25) is 0 Å². The smallest absolute Gasteiger partial charge is 0.0926 e. The van der Waals surface area contributed by atoms with Crippen LogP contribution in [0.4, 0.5) is 0 Å². The SMILES string of the molecule is CCC1CC2(CO1)NCCc1[nH]cnc12. The van der Waals surface area contributed by atoms with E-state index in [9.17, 15) is 0 Å². The number of ether oxygens (including phenoxy) is 1. The maximum absolute atomic E-state index is 5.81. The zero-order valence-electron chi connectivity index (χ0n) is 9.05. The first-order valence-electron chi connectivity index (χ1n) is 5.73. The molecule has 0 amide bonds. The van der Waals surface area contributed by atoms with Crippen LogP contribution in [0.15, 0.2) is 6.33 Å². The molecule has 0 saturated carbocycles. The Labute approximate surface area is 89.4 Å². The summed E-state index contributed by atoms with van der Waals surface area (Å²) in [4.78, 5) is 7.70. The summed E-state index contributed by atoms with van der Waals surface area (Å²) in [6.45, 7) is 3.97. The lowest BCUT2D eigenvalue weighted by Crippen LogP contribution is -2.48. The van der Waals surface area contributed by atoms with Crippen molar-refractivity contribution in [3.05, 3.63) is 17.7 Å². The quantitative estimate of drug-likeness (QED) is 0.721. The fourth-order valence-electron chi connectivity index (χ4n) is 2.75. The first-order chi connectivity index (χ1) is 7.34. The van der Waals surface area contributed by atoms with Crippen LogP contribution in [0.2, 0.25) is 0 Å². The summed E-state index contributed by atoms with van der Waals surface area (Å²) in [5.74, 6) is 0. The normalized spacial score (nSPS) is 34.6. The molecular weight excluding hydrogens is 190 g/mol. The molecule has 2 aliphatic rings. The van der Waals surface area contributed by atoms with E-state index >= 15 is 0 Å². The Morgan fingerprint density at radius 1 is 1.67 bits per heavy atom. The van der Waals surface area contributed by atoms with E-state index in [0.717, 1.165) is 32.4 Å². The summed E-state index contributed by atoms with van der Waals surface area (Å²) in [7, 11) is 0. The molecule has 1 spiro atoms. The van der Waals surface area contributed by atoms with Gasteiger partial charge in [0.15, 0.2) is 0 Å². The van der Waals surface area contributed by atoms with Crippen molar-refractivity contribution >= 4 is 0 Å². The summed E-state index contributed by atoms with van der Waals surface area (Å²) >= 11 is 0. The van der Waals surface area contributed by atoms with Gasteiger partial charge in [-0.3, -0.25) is 0 Å². The predicted molar refractivity (Wildman–Crippen MR) is 56.6 cm³/mol. The highest BCUT2D eigenvalue weighted by molar-refractivity contribution is 5.26. The average Bonchev–Trinajstić information content (AvgIpc) is 2.86. The van der Waals surface area contributed by atoms with Crippen LogP contribution < -0.4 is 5.32 Å². The maximum atomic E-state index is 5.81. The molecule has 0 aliphatic carbocycles. The minimum Gasteiger partial charge on any atom is -0.376 e. The number of nitrogens with zero attached hydrogens (tertiary/aromatic N) is 1. The van der Waals surface area contributed by atoms with E-state index < -0.39 is 0 Å². The summed E-state index contributed by atoms with van der Waals surface area (Å²) in [5, 5.41) is 3.59. The Kier molecular flexibility index (Phi) is 2.07. The minimum atomic E-state index is -0.00569. The Balaban J connectivity index is 1.95. The lowest BCUT2D eigenvalue weighted by Gasteiger charge is -2.32. The summed E-state index contributed by atoms with van der Waals surface area (Å²) < 4.78 is 5.81. The fourth-order valence-corrected chi connectivity index (χ4v) is 2.75. The summed E-state index contributed by atoms with van der Waals surface area (Å²) in [6.07, 6.45) is 5.39. The van der Waals surface area contributed by atoms with Crippen molar-refractivity contribution < 1.29 is 4.74 Å². The van der Waals surface area contributed by atoms with Crippen LogP contribution in [0.5, 0.6) is 0 Å². The molecule has 3 rings (SSSR count). The van der Waals surface area contributed by atoms with E-state index in [1.165, 1.54) is 11.4 Å². The standard InChI is InChI=1S/C11H17N3O/c1-2-8-5-11(6-15-8)10-9(3-4-14-11)12-7-13-10/h7-8,14H,2-6H2,1H3,(H,12,13). The van der Waals surface area contributed by atoms with Crippen molar-refractivity contribution in [1.29, 1.82) is 0 Å². The van der Waals surface area contributed by atoms with Crippen LogP contribution in [0.25, 0.3) is 0 Å². The van der Waals surface area contributed by atoms with Crippen LogP contribution in [-0.4, -0.2) is 29.2 Å². The molecule has 2 unspecified atom stereocenters. The predicted octanol–water partition coefficient (Wildman–Crippen LogP) is 0.950. The second kappa shape index (κ2) is 3.32. The number of aromatic amines is 1. The summed E-state index contributed by atoms with van der Waals surface area (Å²) in [5.41, 5.74) is 2.47. The second-order valence-electron chi connectivity index (χ2n) is 4.53. The molecule has 1 aromatic heterocycles. The third-order valence-corrected chi connectivity index (χ3v) is 3.61. The van der Waals surface area contributed by atoms with Crippen molar-refractivity contribution in [2.45, 2.75) is 37.8 Å². The number of H-pyrrole nitrogens is 1. The van der Waals surface area contributed by atoms with Gasteiger partial charge in [-0.25, -0.2) is 4.98 Å². The van der Waals surface area contributed by atoms with Crippen molar-refractivity contribution in [3.63, 3.8) is 0 Å². The van der Waals surface area contributed by atoms with Gasteiger partial charge in [-0.15, -0.1) is 0 Å². The van der Waals surface area contributed by atoms with E-state index in [1.54, 1.807) is 6.33 Å². The zero-order valence-corrected chi connectivity index (χ0v) is 9.05. The highest BCUT2D eigenvalue weighted by Crippen LogP contribution is 2.37. The Morgan fingerprint density at radius 2 is 2.60 bits per heavy atom. The first kappa shape index (κ1) is 9.36. The third kappa shape index (κ3) is 1.32. The van der Waals surface area contributed by atoms with E-state index in [0.29, 0.717) is 6.10 Å². The van der Waals surface area contributed by atoms with Crippen LogP contribution in [0.3, 0.4) is 0 Å². The van der Waals surface area contributed by atoms with Gasteiger partial charge in [0.25, 0.3) is 0 Å². The molecule has 2 aliphatic heterocycles. The number of fused-ring (bicyclic) bond motifs is 2. The molecule has 2 N–H and O–H groups in total. The van der Waals surface area contributed by atoms with Crippen molar-refractivity contribution in [2.24, 2.45) is 0 Å². The van der Waals surface area contributed by atoms with Crippen molar-refractivity contribution in [1.82, 2.24) is 15.3 Å². The van der Waals surface area contributed by atoms with Crippen LogP contribution >= 0.6 is 0 Å². The van der Waals surface area contributed by atoms with Gasteiger partial charge in [0, 0.05) is 18.7 Å². The van der Waals surface area contributed by atoms with Crippen molar-refractivity contribution in [3.8, 4) is 0 Å². The molecule has 0 aromatic carbocycles. The van der Waals surface area contributed by atoms with E-state index in [4.69, 9.17) is 4.74 Å². The molecule has 2 atom stereocenters. The Bertz CT molecular complexity index is 362. The van der Waals surface area contributed by atoms with Gasteiger partial charge < -0.3 is 15.0 Å². The monoisotopic (exact) mass is 207 g/mol. The van der Waals surface area contributed by atoms with Gasteiger partial charge in [-0.1, -0.05) is 6.92 Å². The Hall–Kier alpha value is -0.870.